The summed E-state index contributed by atoms with van der Waals surface area (Å²) in [6.07, 6.45) is 3.63. The van der Waals surface area contributed by atoms with Crippen LogP contribution in [0.25, 0.3) is 0 Å². The number of pyridine rings is 1. The van der Waals surface area contributed by atoms with Crippen LogP contribution in [0, 0.1) is 0 Å². The second kappa shape index (κ2) is 7.44. The topological polar surface area (TPSA) is 60.5 Å². The van der Waals surface area contributed by atoms with Gasteiger partial charge in [-0.3, -0.25) is 4.79 Å². The molecule has 0 radical (unpaired) electrons. The third-order valence-corrected chi connectivity index (χ3v) is 3.77. The molecule has 1 unspecified atom stereocenters. The molecule has 1 aromatic carbocycles. The normalized spacial score (nSPS) is 17.0. The highest BCUT2D eigenvalue weighted by molar-refractivity contribution is 6.30. The van der Waals surface area contributed by atoms with Gasteiger partial charge in [0.05, 0.1) is 16.8 Å². The zero-order valence-corrected chi connectivity index (χ0v) is 13.3. The number of hydrogen-bond donors (Lipinski definition) is 1. The van der Waals surface area contributed by atoms with Crippen molar-refractivity contribution >= 4 is 23.2 Å². The van der Waals surface area contributed by atoms with E-state index in [1.165, 1.54) is 6.20 Å². The van der Waals surface area contributed by atoms with Crippen LogP contribution in [0.1, 0.15) is 23.3 Å². The molecular weight excluding hydrogens is 316 g/mol. The lowest BCUT2D eigenvalue weighted by molar-refractivity contribution is 0.0682. The maximum atomic E-state index is 12.2. The first-order valence-electron chi connectivity index (χ1n) is 7.49. The number of anilines is 1. The standard InChI is InChI=1S/C17H17ClN2O3/c18-12-7-8-15(19-10-12)17(21)20-14-5-1-2-6-16(14)23-11-13-4-3-9-22-13/h1-2,5-8,10,13H,3-4,9,11H2,(H,20,21). The van der Waals surface area contributed by atoms with Gasteiger partial charge in [-0.15, -0.1) is 0 Å². The molecule has 0 bridgehead atoms. The molecule has 120 valence electrons. The second-order valence-electron chi connectivity index (χ2n) is 5.26. The minimum atomic E-state index is -0.310. The van der Waals surface area contributed by atoms with E-state index in [0.29, 0.717) is 28.8 Å². The zero-order chi connectivity index (χ0) is 16.1. The average Bonchev–Trinajstić information content (AvgIpc) is 3.08. The quantitative estimate of drug-likeness (QED) is 0.909. The Morgan fingerprint density at radius 3 is 2.96 bits per heavy atom. The van der Waals surface area contributed by atoms with E-state index < -0.39 is 0 Å². The summed E-state index contributed by atoms with van der Waals surface area (Å²) < 4.78 is 11.3. The van der Waals surface area contributed by atoms with Crippen LogP contribution >= 0.6 is 11.6 Å². The fraction of sp³-hybridized carbons (Fsp3) is 0.294. The minimum Gasteiger partial charge on any atom is -0.489 e. The Kier molecular flexibility index (Phi) is 5.10. The molecule has 1 aromatic heterocycles. The number of nitrogens with zero attached hydrogens (tertiary/aromatic N) is 1. The molecule has 0 aliphatic carbocycles. The van der Waals surface area contributed by atoms with Gasteiger partial charge in [-0.1, -0.05) is 23.7 Å². The number of hydrogen-bond acceptors (Lipinski definition) is 4. The highest BCUT2D eigenvalue weighted by Gasteiger charge is 2.17. The molecule has 1 atom stereocenters. The van der Waals surface area contributed by atoms with Gasteiger partial charge in [-0.2, -0.15) is 0 Å². The fourth-order valence-electron chi connectivity index (χ4n) is 2.35. The van der Waals surface area contributed by atoms with Crippen LogP contribution in [0.15, 0.2) is 42.6 Å². The number of aromatic nitrogens is 1. The summed E-state index contributed by atoms with van der Waals surface area (Å²) in [6.45, 7) is 1.26. The second-order valence-corrected chi connectivity index (χ2v) is 5.69. The lowest BCUT2D eigenvalue weighted by Crippen LogP contribution is -2.18. The Bertz CT molecular complexity index is 670. The lowest BCUT2D eigenvalue weighted by atomic mass is 10.2. The van der Waals surface area contributed by atoms with Gasteiger partial charge in [0, 0.05) is 12.8 Å². The summed E-state index contributed by atoms with van der Waals surface area (Å²) in [6, 6.07) is 10.5. The molecule has 3 rings (SSSR count). The monoisotopic (exact) mass is 332 g/mol. The highest BCUT2D eigenvalue weighted by Crippen LogP contribution is 2.25. The van der Waals surface area contributed by atoms with E-state index in [4.69, 9.17) is 21.1 Å². The first-order valence-corrected chi connectivity index (χ1v) is 7.86. The largest absolute Gasteiger partial charge is 0.489 e. The van der Waals surface area contributed by atoms with Crippen molar-refractivity contribution in [3.05, 3.63) is 53.3 Å². The predicted octanol–water partition coefficient (Wildman–Crippen LogP) is 3.55. The minimum absolute atomic E-state index is 0.122. The van der Waals surface area contributed by atoms with E-state index in [1.807, 2.05) is 18.2 Å². The number of carbonyl (C=O) groups excluding carboxylic acids is 1. The van der Waals surface area contributed by atoms with Gasteiger partial charge in [0.1, 0.15) is 18.1 Å². The summed E-state index contributed by atoms with van der Waals surface area (Å²) in [5.41, 5.74) is 0.899. The van der Waals surface area contributed by atoms with Crippen LogP contribution in [0.4, 0.5) is 5.69 Å². The molecule has 5 nitrogen and oxygen atoms in total. The van der Waals surface area contributed by atoms with Crippen molar-refractivity contribution in [1.82, 2.24) is 4.98 Å². The molecule has 1 amide bonds. The number of carbonyl (C=O) groups is 1. The summed E-state index contributed by atoms with van der Waals surface area (Å²) >= 11 is 5.78. The molecule has 1 saturated heterocycles. The predicted molar refractivity (Wildman–Crippen MR) is 88.1 cm³/mol. The van der Waals surface area contributed by atoms with E-state index in [0.717, 1.165) is 19.4 Å². The van der Waals surface area contributed by atoms with Crippen molar-refractivity contribution in [1.29, 1.82) is 0 Å². The van der Waals surface area contributed by atoms with Crippen LogP contribution in [0.5, 0.6) is 5.75 Å². The van der Waals surface area contributed by atoms with Gasteiger partial charge in [-0.05, 0) is 37.1 Å². The van der Waals surface area contributed by atoms with Crippen LogP contribution < -0.4 is 10.1 Å². The molecule has 1 aliphatic rings. The van der Waals surface area contributed by atoms with Crippen molar-refractivity contribution in [2.75, 3.05) is 18.5 Å². The summed E-state index contributed by atoms with van der Waals surface area (Å²) in [7, 11) is 0. The van der Waals surface area contributed by atoms with Crippen LogP contribution in [-0.2, 0) is 4.74 Å². The molecule has 2 aromatic rings. The van der Waals surface area contributed by atoms with Gasteiger partial charge in [0.25, 0.3) is 5.91 Å². The lowest BCUT2D eigenvalue weighted by Gasteiger charge is -2.15. The van der Waals surface area contributed by atoms with Crippen molar-refractivity contribution < 1.29 is 14.3 Å². The highest BCUT2D eigenvalue weighted by atomic mass is 35.5. The number of ether oxygens (including phenoxy) is 2. The fourth-order valence-corrected chi connectivity index (χ4v) is 2.46. The van der Waals surface area contributed by atoms with Crippen molar-refractivity contribution in [3.63, 3.8) is 0 Å². The van der Waals surface area contributed by atoms with Crippen molar-refractivity contribution in [3.8, 4) is 5.75 Å². The van der Waals surface area contributed by atoms with Gasteiger partial charge < -0.3 is 14.8 Å². The van der Waals surface area contributed by atoms with Gasteiger partial charge in [0.2, 0.25) is 0 Å². The first-order chi connectivity index (χ1) is 11.2. The van der Waals surface area contributed by atoms with E-state index >= 15 is 0 Å². The molecule has 0 saturated carbocycles. The average molecular weight is 333 g/mol. The maximum Gasteiger partial charge on any atom is 0.274 e. The van der Waals surface area contributed by atoms with E-state index in [-0.39, 0.29) is 12.0 Å². The number of benzene rings is 1. The molecule has 1 aliphatic heterocycles. The van der Waals surface area contributed by atoms with Crippen LogP contribution in [0.3, 0.4) is 0 Å². The van der Waals surface area contributed by atoms with Crippen molar-refractivity contribution in [2.45, 2.75) is 18.9 Å². The number of rotatable bonds is 5. The van der Waals surface area contributed by atoms with E-state index in [2.05, 4.69) is 10.3 Å². The number of halogens is 1. The number of amides is 1. The third-order valence-electron chi connectivity index (χ3n) is 3.54. The number of nitrogens with one attached hydrogen (secondary N) is 1. The SMILES string of the molecule is O=C(Nc1ccccc1OCC1CCCO1)c1ccc(Cl)cn1. The van der Waals surface area contributed by atoms with Gasteiger partial charge >= 0.3 is 0 Å². The third kappa shape index (κ3) is 4.21. The van der Waals surface area contributed by atoms with Crippen LogP contribution in [-0.4, -0.2) is 30.2 Å². The summed E-state index contributed by atoms with van der Waals surface area (Å²) in [4.78, 5) is 16.2. The Hall–Kier alpha value is -2.11. The Labute approximate surface area is 139 Å². The van der Waals surface area contributed by atoms with Crippen LogP contribution in [0.2, 0.25) is 5.02 Å². The number of para-hydroxylation sites is 2. The molecule has 0 spiro atoms. The molecular formula is C17H17ClN2O3. The molecule has 1 fully saturated rings. The summed E-state index contributed by atoms with van der Waals surface area (Å²) in [5, 5.41) is 3.30. The molecule has 23 heavy (non-hydrogen) atoms. The first kappa shape index (κ1) is 15.8. The molecule has 1 N–H and O–H groups in total. The van der Waals surface area contributed by atoms with E-state index in [1.54, 1.807) is 18.2 Å². The summed E-state index contributed by atoms with van der Waals surface area (Å²) in [5.74, 6) is 0.306. The molecule has 6 heteroatoms. The molecule has 2 heterocycles. The van der Waals surface area contributed by atoms with E-state index in [9.17, 15) is 4.79 Å². The van der Waals surface area contributed by atoms with Gasteiger partial charge in [0.15, 0.2) is 0 Å². The van der Waals surface area contributed by atoms with Crippen molar-refractivity contribution in [2.24, 2.45) is 0 Å². The zero-order valence-electron chi connectivity index (χ0n) is 12.5. The maximum absolute atomic E-state index is 12.2. The Morgan fingerprint density at radius 2 is 2.22 bits per heavy atom. The Balaban J connectivity index is 1.67. The Morgan fingerprint density at radius 1 is 1.35 bits per heavy atom. The van der Waals surface area contributed by atoms with Gasteiger partial charge in [-0.25, -0.2) is 4.98 Å². The smallest absolute Gasteiger partial charge is 0.274 e.